The molecule has 0 atom stereocenters. The quantitative estimate of drug-likeness (QED) is 0.362. The number of para-hydroxylation sites is 1. The molecule has 0 aliphatic carbocycles. The Balaban J connectivity index is 0.00000364. The molecule has 2 aromatic rings. The minimum Gasteiger partial charge on any atom is -0.870 e. The van der Waals surface area contributed by atoms with Crippen LogP contribution in [0.2, 0.25) is 0 Å². The largest absolute Gasteiger partial charge is 1.00 e. The second-order valence-corrected chi connectivity index (χ2v) is 7.71. The molecule has 0 amide bonds. The van der Waals surface area contributed by atoms with Gasteiger partial charge in [-0.2, -0.15) is 8.42 Å². The fourth-order valence-corrected chi connectivity index (χ4v) is 3.38. The van der Waals surface area contributed by atoms with Crippen LogP contribution in [0.25, 0.3) is 0 Å². The van der Waals surface area contributed by atoms with Gasteiger partial charge in [-0.1, -0.05) is 69.0 Å². The number of benzene rings is 2. The van der Waals surface area contributed by atoms with E-state index in [1.54, 1.807) is 12.1 Å². The third-order valence-corrected chi connectivity index (χ3v) is 5.07. The predicted molar refractivity (Wildman–Crippen MR) is 99.3 cm³/mol. The topological polar surface area (TPSA) is 86.7 Å². The zero-order valence-corrected chi connectivity index (χ0v) is 19.9. The van der Waals surface area contributed by atoms with Gasteiger partial charge in [0.2, 0.25) is 0 Å². The second kappa shape index (κ2) is 12.2. The first kappa shape index (κ1) is 24.6. The minimum atomic E-state index is -4.42. The number of hydrogen-bond donors (Lipinski definition) is 1. The fraction of sp³-hybridized carbons (Fsp3) is 0.400. The molecule has 2 aromatic carbocycles. The molecule has 0 radical (unpaired) electrons. The molecule has 5 nitrogen and oxygen atoms in total. The molecule has 142 valence electrons. The van der Waals surface area contributed by atoms with E-state index in [0.29, 0.717) is 0 Å². The van der Waals surface area contributed by atoms with Crippen LogP contribution in [0, 0.1) is 0 Å². The third-order valence-electron chi connectivity index (χ3n) is 4.17. The van der Waals surface area contributed by atoms with E-state index >= 15 is 0 Å². The van der Waals surface area contributed by atoms with E-state index in [9.17, 15) is 18.1 Å². The molecule has 0 saturated carbocycles. The molecule has 0 bridgehead atoms. The van der Waals surface area contributed by atoms with Gasteiger partial charge in [0.05, 0.1) is 0 Å². The van der Waals surface area contributed by atoms with Crippen LogP contribution in [0.5, 0.6) is 17.2 Å². The molecule has 1 N–H and O–H groups in total. The summed E-state index contributed by atoms with van der Waals surface area (Å²) in [6, 6.07) is 10.6. The summed E-state index contributed by atoms with van der Waals surface area (Å²) in [5, 5.41) is 12.2. The normalized spacial score (nSPS) is 11.0. The predicted octanol–water partition coefficient (Wildman–Crippen LogP) is 1.71. The Hall–Kier alpha value is -0.414. The van der Waals surface area contributed by atoms with Crippen LogP contribution >= 0.6 is 0 Å². The Bertz CT molecular complexity index is 821. The van der Waals surface area contributed by atoms with Crippen molar-refractivity contribution in [3.63, 3.8) is 0 Å². The van der Waals surface area contributed by atoms with E-state index in [4.69, 9.17) is 4.74 Å². The maximum absolute atomic E-state index is 12.2. The van der Waals surface area contributed by atoms with Crippen molar-refractivity contribution < 1.29 is 74.2 Å². The number of hydrogen-bond acceptors (Lipinski definition) is 4. The van der Waals surface area contributed by atoms with Gasteiger partial charge in [-0.15, -0.1) is 0 Å². The van der Waals surface area contributed by atoms with Crippen molar-refractivity contribution in [2.75, 3.05) is 0 Å². The van der Waals surface area contributed by atoms with Crippen molar-refractivity contribution >= 4 is 10.1 Å². The molecule has 0 spiro atoms. The molecule has 27 heavy (non-hydrogen) atoms. The Morgan fingerprint density at radius 3 is 2.30 bits per heavy atom. The van der Waals surface area contributed by atoms with Crippen molar-refractivity contribution in [1.29, 1.82) is 0 Å². The first-order chi connectivity index (χ1) is 12.4. The molecule has 0 aromatic heterocycles. The average Bonchev–Trinajstić information content (AvgIpc) is 2.60. The van der Waals surface area contributed by atoms with E-state index in [1.807, 2.05) is 6.07 Å². The Kier molecular flexibility index (Phi) is 11.1. The summed E-state index contributed by atoms with van der Waals surface area (Å²) in [4.78, 5) is -0.365. The summed E-state index contributed by atoms with van der Waals surface area (Å²) in [6.45, 7) is 2.19. The van der Waals surface area contributed by atoms with E-state index in [2.05, 4.69) is 6.92 Å². The molecule has 0 unspecified atom stereocenters. The van der Waals surface area contributed by atoms with Gasteiger partial charge < -0.3 is 9.84 Å². The SMILES string of the molecule is CCCCCCCCc1ccc(Oc2ccccc2S(=O)(=O)O)c([O-])c1.[K+]. The summed E-state index contributed by atoms with van der Waals surface area (Å²) in [5.41, 5.74) is 0.945. The van der Waals surface area contributed by atoms with Crippen LogP contribution in [-0.4, -0.2) is 13.0 Å². The molecular weight excluding hydrogens is 391 g/mol. The van der Waals surface area contributed by atoms with Gasteiger partial charge in [0.15, 0.2) is 0 Å². The number of aryl methyl sites for hydroxylation is 1. The van der Waals surface area contributed by atoms with Gasteiger partial charge in [0, 0.05) is 0 Å². The number of unbranched alkanes of at least 4 members (excludes halogenated alkanes) is 5. The first-order valence-electron chi connectivity index (χ1n) is 8.96. The van der Waals surface area contributed by atoms with Crippen molar-refractivity contribution in [1.82, 2.24) is 0 Å². The average molecular weight is 417 g/mol. The van der Waals surface area contributed by atoms with Crippen molar-refractivity contribution in [3.05, 3.63) is 48.0 Å². The van der Waals surface area contributed by atoms with E-state index in [1.165, 1.54) is 49.9 Å². The molecule has 2 rings (SSSR count). The molecule has 0 heterocycles. The van der Waals surface area contributed by atoms with Crippen molar-refractivity contribution in [2.45, 2.75) is 56.8 Å². The first-order valence-corrected chi connectivity index (χ1v) is 10.4. The molecular formula is C20H25KO5S. The van der Waals surface area contributed by atoms with Gasteiger partial charge >= 0.3 is 51.4 Å². The second-order valence-electron chi connectivity index (χ2n) is 6.32. The van der Waals surface area contributed by atoms with Crippen LogP contribution in [0.4, 0.5) is 0 Å². The molecule has 0 aliphatic heterocycles. The maximum Gasteiger partial charge on any atom is 1.00 e. The van der Waals surface area contributed by atoms with Crippen LogP contribution in [0.15, 0.2) is 47.4 Å². The summed E-state index contributed by atoms with van der Waals surface area (Å²) >= 11 is 0. The van der Waals surface area contributed by atoms with E-state index in [-0.39, 0.29) is 73.5 Å². The summed E-state index contributed by atoms with van der Waals surface area (Å²) in [7, 11) is -4.42. The van der Waals surface area contributed by atoms with Gasteiger partial charge in [-0.05, 0) is 36.6 Å². The van der Waals surface area contributed by atoms with Crippen molar-refractivity contribution in [3.8, 4) is 17.2 Å². The Morgan fingerprint density at radius 1 is 0.963 bits per heavy atom. The van der Waals surface area contributed by atoms with Gasteiger partial charge in [-0.3, -0.25) is 4.55 Å². The smallest absolute Gasteiger partial charge is 0.870 e. The van der Waals surface area contributed by atoms with E-state index in [0.717, 1.165) is 24.8 Å². The fourth-order valence-electron chi connectivity index (χ4n) is 2.77. The minimum absolute atomic E-state index is 0. The zero-order valence-electron chi connectivity index (χ0n) is 16.0. The van der Waals surface area contributed by atoms with Gasteiger partial charge in [0.25, 0.3) is 10.1 Å². The standard InChI is InChI=1S/C20H26O5S.K/c1-2-3-4-5-6-7-10-16-13-14-18(17(21)15-16)25-19-11-8-9-12-20(19)26(22,23)24;/h8-9,11-15,21H,2-7,10H2,1H3,(H,22,23,24);/q;+1/p-1. The van der Waals surface area contributed by atoms with Gasteiger partial charge in [0.1, 0.15) is 16.4 Å². The van der Waals surface area contributed by atoms with Crippen LogP contribution < -0.4 is 61.2 Å². The maximum atomic E-state index is 12.2. The van der Waals surface area contributed by atoms with Crippen LogP contribution in [0.3, 0.4) is 0 Å². The molecule has 0 aliphatic rings. The molecule has 0 fully saturated rings. The summed E-state index contributed by atoms with van der Waals surface area (Å²) in [5.74, 6) is -0.345. The van der Waals surface area contributed by atoms with E-state index < -0.39 is 10.1 Å². The van der Waals surface area contributed by atoms with Crippen LogP contribution in [0.1, 0.15) is 51.0 Å². The number of rotatable bonds is 10. The van der Waals surface area contributed by atoms with Crippen molar-refractivity contribution in [2.24, 2.45) is 0 Å². The number of ether oxygens (including phenoxy) is 1. The third kappa shape index (κ3) is 8.23. The molecule has 7 heteroatoms. The Morgan fingerprint density at radius 2 is 1.63 bits per heavy atom. The van der Waals surface area contributed by atoms with Gasteiger partial charge in [-0.25, -0.2) is 0 Å². The van der Waals surface area contributed by atoms with Crippen LogP contribution in [-0.2, 0) is 16.5 Å². The zero-order chi connectivity index (χ0) is 19.0. The summed E-state index contributed by atoms with van der Waals surface area (Å²) < 4.78 is 37.5. The Labute approximate surface area is 204 Å². The monoisotopic (exact) mass is 416 g/mol. The summed E-state index contributed by atoms with van der Waals surface area (Å²) in [6.07, 6.45) is 7.98. The molecule has 0 saturated heterocycles.